The SMILES string of the molecule is CC(N)CNc1ccc(F)cc1F. The van der Waals surface area contributed by atoms with Gasteiger partial charge in [0, 0.05) is 18.7 Å². The molecule has 0 saturated carbocycles. The summed E-state index contributed by atoms with van der Waals surface area (Å²) in [5, 5.41) is 2.77. The Kier molecular flexibility index (Phi) is 3.19. The molecule has 0 radical (unpaired) electrons. The maximum atomic E-state index is 13.0. The lowest BCUT2D eigenvalue weighted by Gasteiger charge is -2.09. The molecule has 72 valence electrons. The van der Waals surface area contributed by atoms with E-state index in [4.69, 9.17) is 5.73 Å². The van der Waals surface area contributed by atoms with Gasteiger partial charge in [0.1, 0.15) is 11.6 Å². The van der Waals surface area contributed by atoms with Crippen LogP contribution in [-0.4, -0.2) is 12.6 Å². The highest BCUT2D eigenvalue weighted by atomic mass is 19.1. The third-order valence-electron chi connectivity index (χ3n) is 1.55. The summed E-state index contributed by atoms with van der Waals surface area (Å²) in [6.45, 7) is 2.26. The summed E-state index contributed by atoms with van der Waals surface area (Å²) in [4.78, 5) is 0. The number of hydrogen-bond donors (Lipinski definition) is 2. The topological polar surface area (TPSA) is 38.0 Å². The third-order valence-corrected chi connectivity index (χ3v) is 1.55. The van der Waals surface area contributed by atoms with Crippen LogP contribution in [-0.2, 0) is 0 Å². The summed E-state index contributed by atoms with van der Waals surface area (Å²) >= 11 is 0. The van der Waals surface area contributed by atoms with Gasteiger partial charge in [0.05, 0.1) is 5.69 Å². The molecule has 13 heavy (non-hydrogen) atoms. The molecule has 1 aromatic rings. The van der Waals surface area contributed by atoms with Crippen LogP contribution in [0.4, 0.5) is 14.5 Å². The van der Waals surface area contributed by atoms with Crippen LogP contribution in [0, 0.1) is 11.6 Å². The van der Waals surface area contributed by atoms with Crippen LogP contribution >= 0.6 is 0 Å². The minimum Gasteiger partial charge on any atom is -0.381 e. The molecule has 0 saturated heterocycles. The van der Waals surface area contributed by atoms with Crippen LogP contribution in [0.1, 0.15) is 6.92 Å². The predicted octanol–water partition coefficient (Wildman–Crippen LogP) is 1.72. The average molecular weight is 186 g/mol. The summed E-state index contributed by atoms with van der Waals surface area (Å²) in [5.41, 5.74) is 5.74. The second-order valence-corrected chi connectivity index (χ2v) is 2.98. The van der Waals surface area contributed by atoms with Gasteiger partial charge >= 0.3 is 0 Å². The van der Waals surface area contributed by atoms with Gasteiger partial charge in [-0.2, -0.15) is 0 Å². The Morgan fingerprint density at radius 2 is 2.15 bits per heavy atom. The minimum absolute atomic E-state index is 0.0653. The molecule has 0 aliphatic heterocycles. The lowest BCUT2D eigenvalue weighted by molar-refractivity contribution is 0.584. The van der Waals surface area contributed by atoms with Gasteiger partial charge in [-0.25, -0.2) is 8.78 Å². The van der Waals surface area contributed by atoms with Crippen LogP contribution in [0.25, 0.3) is 0 Å². The van der Waals surface area contributed by atoms with E-state index in [1.807, 2.05) is 0 Å². The minimum atomic E-state index is -0.597. The maximum absolute atomic E-state index is 13.0. The van der Waals surface area contributed by atoms with E-state index >= 15 is 0 Å². The zero-order chi connectivity index (χ0) is 9.84. The van der Waals surface area contributed by atoms with E-state index in [1.54, 1.807) is 6.92 Å². The Hall–Kier alpha value is -1.16. The van der Waals surface area contributed by atoms with Crippen LogP contribution in [0.5, 0.6) is 0 Å². The Bertz CT molecular complexity index is 287. The normalized spacial score (nSPS) is 12.6. The van der Waals surface area contributed by atoms with E-state index < -0.39 is 11.6 Å². The highest BCUT2D eigenvalue weighted by Gasteiger charge is 2.03. The van der Waals surface area contributed by atoms with Crippen molar-refractivity contribution < 1.29 is 8.78 Å². The number of rotatable bonds is 3. The van der Waals surface area contributed by atoms with Crippen molar-refractivity contribution in [2.75, 3.05) is 11.9 Å². The summed E-state index contributed by atoms with van der Waals surface area (Å²) in [6.07, 6.45) is 0. The Labute approximate surface area is 75.7 Å². The predicted molar refractivity (Wildman–Crippen MR) is 48.5 cm³/mol. The van der Waals surface area contributed by atoms with E-state index in [1.165, 1.54) is 12.1 Å². The molecule has 1 atom stereocenters. The quantitative estimate of drug-likeness (QED) is 0.754. The molecule has 0 spiro atoms. The molecule has 0 aliphatic carbocycles. The first-order valence-corrected chi connectivity index (χ1v) is 4.04. The van der Waals surface area contributed by atoms with Crippen LogP contribution in [0.2, 0.25) is 0 Å². The number of nitrogens with two attached hydrogens (primary N) is 1. The van der Waals surface area contributed by atoms with E-state index in [9.17, 15) is 8.78 Å². The molecular formula is C9H12F2N2. The van der Waals surface area contributed by atoms with Gasteiger partial charge in [0.2, 0.25) is 0 Å². The molecule has 1 aromatic carbocycles. The van der Waals surface area contributed by atoms with Crippen LogP contribution in [0.3, 0.4) is 0 Å². The molecular weight excluding hydrogens is 174 g/mol. The molecule has 0 fully saturated rings. The fourth-order valence-corrected chi connectivity index (χ4v) is 0.904. The smallest absolute Gasteiger partial charge is 0.149 e. The summed E-state index contributed by atoms with van der Waals surface area (Å²) in [5.74, 6) is -1.18. The van der Waals surface area contributed by atoms with E-state index in [0.29, 0.717) is 6.54 Å². The zero-order valence-corrected chi connectivity index (χ0v) is 7.35. The zero-order valence-electron chi connectivity index (χ0n) is 7.35. The van der Waals surface area contributed by atoms with Crippen molar-refractivity contribution in [2.45, 2.75) is 13.0 Å². The van der Waals surface area contributed by atoms with Crippen LogP contribution < -0.4 is 11.1 Å². The van der Waals surface area contributed by atoms with Crippen molar-refractivity contribution in [3.8, 4) is 0 Å². The number of nitrogens with one attached hydrogen (secondary N) is 1. The molecule has 0 aromatic heterocycles. The fourth-order valence-electron chi connectivity index (χ4n) is 0.904. The van der Waals surface area contributed by atoms with Gasteiger partial charge in [-0.3, -0.25) is 0 Å². The van der Waals surface area contributed by atoms with Crippen molar-refractivity contribution in [1.29, 1.82) is 0 Å². The van der Waals surface area contributed by atoms with Gasteiger partial charge in [-0.1, -0.05) is 0 Å². The van der Waals surface area contributed by atoms with Gasteiger partial charge in [0.15, 0.2) is 0 Å². The highest BCUT2D eigenvalue weighted by molar-refractivity contribution is 5.44. The highest BCUT2D eigenvalue weighted by Crippen LogP contribution is 2.14. The van der Waals surface area contributed by atoms with E-state index in [0.717, 1.165) is 6.07 Å². The first-order chi connectivity index (χ1) is 6.09. The maximum Gasteiger partial charge on any atom is 0.149 e. The molecule has 0 heterocycles. The molecule has 1 unspecified atom stereocenters. The lowest BCUT2D eigenvalue weighted by Crippen LogP contribution is -2.25. The Morgan fingerprint density at radius 3 is 2.69 bits per heavy atom. The van der Waals surface area contributed by atoms with Gasteiger partial charge in [-0.05, 0) is 19.1 Å². The largest absolute Gasteiger partial charge is 0.381 e. The van der Waals surface area contributed by atoms with Crippen LogP contribution in [0.15, 0.2) is 18.2 Å². The second kappa shape index (κ2) is 4.18. The number of hydrogen-bond acceptors (Lipinski definition) is 2. The van der Waals surface area contributed by atoms with Gasteiger partial charge in [-0.15, -0.1) is 0 Å². The Balaban J connectivity index is 2.67. The lowest BCUT2D eigenvalue weighted by atomic mass is 10.2. The molecule has 2 nitrogen and oxygen atoms in total. The first kappa shape index (κ1) is 9.92. The molecule has 1 rings (SSSR count). The van der Waals surface area contributed by atoms with Crippen molar-refractivity contribution in [2.24, 2.45) is 5.73 Å². The summed E-state index contributed by atoms with van der Waals surface area (Å²) in [7, 11) is 0. The van der Waals surface area contributed by atoms with Crippen molar-refractivity contribution in [3.63, 3.8) is 0 Å². The molecule has 3 N–H and O–H groups in total. The molecule has 0 bridgehead atoms. The Morgan fingerprint density at radius 1 is 1.46 bits per heavy atom. The molecule has 0 aliphatic rings. The average Bonchev–Trinajstić information content (AvgIpc) is 2.02. The van der Waals surface area contributed by atoms with Crippen molar-refractivity contribution in [3.05, 3.63) is 29.8 Å². The van der Waals surface area contributed by atoms with E-state index in [2.05, 4.69) is 5.32 Å². The fraction of sp³-hybridized carbons (Fsp3) is 0.333. The number of benzene rings is 1. The van der Waals surface area contributed by atoms with Crippen molar-refractivity contribution in [1.82, 2.24) is 0 Å². The standard InChI is InChI=1S/C9H12F2N2/c1-6(12)5-13-9-3-2-7(10)4-8(9)11/h2-4,6,13H,5,12H2,1H3. The summed E-state index contributed by atoms with van der Waals surface area (Å²) < 4.78 is 25.4. The molecule has 0 amide bonds. The number of halogens is 2. The van der Waals surface area contributed by atoms with Gasteiger partial charge < -0.3 is 11.1 Å². The monoisotopic (exact) mass is 186 g/mol. The second-order valence-electron chi connectivity index (χ2n) is 2.98. The summed E-state index contributed by atoms with van der Waals surface area (Å²) in [6, 6.07) is 3.33. The number of anilines is 1. The first-order valence-electron chi connectivity index (χ1n) is 4.04. The van der Waals surface area contributed by atoms with Crippen molar-refractivity contribution >= 4 is 5.69 Å². The third kappa shape index (κ3) is 2.99. The van der Waals surface area contributed by atoms with E-state index in [-0.39, 0.29) is 11.7 Å². The van der Waals surface area contributed by atoms with Gasteiger partial charge in [0.25, 0.3) is 0 Å². The molecule has 4 heteroatoms.